The monoisotopic (exact) mass is 282 g/mol. The standard InChI is InChI=1S/C13H15ClN2O3/c1-7-5-16(6-10(7)13(18)19)12(17)9-4-15-8(2)3-11(9)14/h3-4,7,10H,5-6H2,1-2H3,(H,18,19)/t7-,10-/m1/s1. The summed E-state index contributed by atoms with van der Waals surface area (Å²) in [5.74, 6) is -1.69. The molecule has 5 nitrogen and oxygen atoms in total. The van der Waals surface area contributed by atoms with Crippen molar-refractivity contribution in [2.45, 2.75) is 13.8 Å². The topological polar surface area (TPSA) is 70.5 Å². The molecule has 0 spiro atoms. The Balaban J connectivity index is 2.19. The van der Waals surface area contributed by atoms with E-state index in [2.05, 4.69) is 4.98 Å². The predicted molar refractivity (Wildman–Crippen MR) is 70.2 cm³/mol. The van der Waals surface area contributed by atoms with Crippen LogP contribution in [0.1, 0.15) is 23.0 Å². The summed E-state index contributed by atoms with van der Waals surface area (Å²) in [6.07, 6.45) is 1.44. The Morgan fingerprint density at radius 3 is 2.68 bits per heavy atom. The second-order valence-electron chi connectivity index (χ2n) is 4.94. The first-order chi connectivity index (χ1) is 8.90. The van der Waals surface area contributed by atoms with E-state index >= 15 is 0 Å². The van der Waals surface area contributed by atoms with Gasteiger partial charge in [0.2, 0.25) is 0 Å². The van der Waals surface area contributed by atoms with Gasteiger partial charge >= 0.3 is 5.97 Å². The van der Waals surface area contributed by atoms with Crippen molar-refractivity contribution in [1.82, 2.24) is 9.88 Å². The molecule has 6 heteroatoms. The van der Waals surface area contributed by atoms with Gasteiger partial charge in [0.15, 0.2) is 0 Å². The maximum Gasteiger partial charge on any atom is 0.308 e. The molecule has 19 heavy (non-hydrogen) atoms. The van der Waals surface area contributed by atoms with E-state index in [-0.39, 0.29) is 18.4 Å². The third kappa shape index (κ3) is 2.71. The van der Waals surface area contributed by atoms with Gasteiger partial charge in [-0.15, -0.1) is 0 Å². The van der Waals surface area contributed by atoms with Gasteiger partial charge in [-0.3, -0.25) is 14.6 Å². The molecule has 1 amide bonds. The predicted octanol–water partition coefficient (Wildman–Crippen LogP) is 1.84. The van der Waals surface area contributed by atoms with E-state index in [1.165, 1.54) is 11.1 Å². The normalized spacial score (nSPS) is 22.6. The molecule has 0 saturated carbocycles. The number of carbonyl (C=O) groups is 2. The number of carboxylic acid groups (broad SMARTS) is 1. The minimum Gasteiger partial charge on any atom is -0.481 e. The molecule has 1 aromatic heterocycles. The third-order valence-corrected chi connectivity index (χ3v) is 3.75. The Morgan fingerprint density at radius 1 is 1.47 bits per heavy atom. The van der Waals surface area contributed by atoms with Crippen molar-refractivity contribution in [2.24, 2.45) is 11.8 Å². The van der Waals surface area contributed by atoms with Crippen LogP contribution in [0, 0.1) is 18.8 Å². The number of likely N-dealkylation sites (tertiary alicyclic amines) is 1. The highest BCUT2D eigenvalue weighted by Gasteiger charge is 2.37. The van der Waals surface area contributed by atoms with Crippen molar-refractivity contribution in [3.63, 3.8) is 0 Å². The van der Waals surface area contributed by atoms with E-state index in [1.54, 1.807) is 13.0 Å². The van der Waals surface area contributed by atoms with Crippen LogP contribution in [0.2, 0.25) is 5.02 Å². The largest absolute Gasteiger partial charge is 0.481 e. The fourth-order valence-corrected chi connectivity index (χ4v) is 2.60. The van der Waals surface area contributed by atoms with Crippen LogP contribution >= 0.6 is 11.6 Å². The molecule has 0 radical (unpaired) electrons. The zero-order valence-corrected chi connectivity index (χ0v) is 11.5. The van der Waals surface area contributed by atoms with Gasteiger partial charge in [-0.2, -0.15) is 0 Å². The Labute approximate surface area is 116 Å². The average Bonchev–Trinajstić information content (AvgIpc) is 2.70. The van der Waals surface area contributed by atoms with Crippen molar-refractivity contribution < 1.29 is 14.7 Å². The summed E-state index contributed by atoms with van der Waals surface area (Å²) in [4.78, 5) is 28.9. The van der Waals surface area contributed by atoms with Gasteiger partial charge in [0.1, 0.15) is 0 Å². The Kier molecular flexibility index (Phi) is 3.75. The fraction of sp³-hybridized carbons (Fsp3) is 0.462. The number of halogens is 1. The number of aryl methyl sites for hydroxylation is 1. The van der Waals surface area contributed by atoms with E-state index in [0.717, 1.165) is 5.69 Å². The summed E-state index contributed by atoms with van der Waals surface area (Å²) in [5, 5.41) is 9.42. The molecule has 0 unspecified atom stereocenters. The lowest BCUT2D eigenvalue weighted by Gasteiger charge is -2.16. The van der Waals surface area contributed by atoms with Crippen LogP contribution in [0.4, 0.5) is 0 Å². The number of carbonyl (C=O) groups excluding carboxylic acids is 1. The smallest absolute Gasteiger partial charge is 0.308 e. The molecule has 2 rings (SSSR count). The first-order valence-electron chi connectivity index (χ1n) is 6.04. The summed E-state index contributed by atoms with van der Waals surface area (Å²) in [5.41, 5.74) is 1.06. The highest BCUT2D eigenvalue weighted by atomic mass is 35.5. The van der Waals surface area contributed by atoms with Crippen molar-refractivity contribution in [3.8, 4) is 0 Å². The van der Waals surface area contributed by atoms with Crippen LogP contribution < -0.4 is 0 Å². The van der Waals surface area contributed by atoms with Gasteiger partial charge in [0.25, 0.3) is 5.91 Å². The van der Waals surface area contributed by atoms with E-state index in [4.69, 9.17) is 16.7 Å². The van der Waals surface area contributed by atoms with Crippen LogP contribution in [-0.4, -0.2) is 40.0 Å². The minimum atomic E-state index is -0.865. The van der Waals surface area contributed by atoms with Crippen molar-refractivity contribution in [3.05, 3.63) is 28.5 Å². The Hall–Kier alpha value is -1.62. The number of hydrogen-bond acceptors (Lipinski definition) is 3. The number of carboxylic acids is 1. The highest BCUT2D eigenvalue weighted by molar-refractivity contribution is 6.33. The number of nitrogens with zero attached hydrogens (tertiary/aromatic N) is 2. The molecule has 102 valence electrons. The number of hydrogen-bond donors (Lipinski definition) is 1. The fourth-order valence-electron chi connectivity index (χ4n) is 2.31. The molecule has 1 fully saturated rings. The van der Waals surface area contributed by atoms with Crippen molar-refractivity contribution >= 4 is 23.5 Å². The lowest BCUT2D eigenvalue weighted by atomic mass is 9.99. The van der Waals surface area contributed by atoms with E-state index in [9.17, 15) is 9.59 Å². The number of amides is 1. The summed E-state index contributed by atoms with van der Waals surface area (Å²) in [6.45, 7) is 4.28. The van der Waals surface area contributed by atoms with Crippen LogP contribution in [0.3, 0.4) is 0 Å². The zero-order chi connectivity index (χ0) is 14.2. The van der Waals surface area contributed by atoms with Crippen molar-refractivity contribution in [1.29, 1.82) is 0 Å². The van der Waals surface area contributed by atoms with Gasteiger partial charge in [-0.25, -0.2) is 0 Å². The van der Waals surface area contributed by atoms with Gasteiger partial charge in [0.05, 0.1) is 16.5 Å². The average molecular weight is 283 g/mol. The molecule has 2 atom stereocenters. The van der Waals surface area contributed by atoms with Gasteiger partial charge in [-0.1, -0.05) is 18.5 Å². The summed E-state index contributed by atoms with van der Waals surface area (Å²) < 4.78 is 0. The molecular formula is C13H15ClN2O3. The number of aliphatic carboxylic acids is 1. The van der Waals surface area contributed by atoms with Gasteiger partial charge in [0, 0.05) is 25.0 Å². The van der Waals surface area contributed by atoms with Crippen molar-refractivity contribution in [2.75, 3.05) is 13.1 Å². The van der Waals surface area contributed by atoms with E-state index in [0.29, 0.717) is 17.1 Å². The van der Waals surface area contributed by atoms with Crippen LogP contribution in [0.5, 0.6) is 0 Å². The molecule has 1 aromatic rings. The second-order valence-corrected chi connectivity index (χ2v) is 5.34. The lowest BCUT2D eigenvalue weighted by molar-refractivity contribution is -0.142. The third-order valence-electron chi connectivity index (χ3n) is 3.44. The lowest BCUT2D eigenvalue weighted by Crippen LogP contribution is -2.30. The summed E-state index contributed by atoms with van der Waals surface area (Å²) in [6, 6.07) is 1.63. The molecule has 1 aliphatic heterocycles. The molecule has 1 aliphatic rings. The maximum atomic E-state index is 12.3. The SMILES string of the molecule is Cc1cc(Cl)c(C(=O)N2C[C@@H](C)[C@H](C(=O)O)C2)cn1. The van der Waals surface area contributed by atoms with Crippen LogP contribution in [-0.2, 0) is 4.79 Å². The molecule has 0 aromatic carbocycles. The van der Waals surface area contributed by atoms with Crippen LogP contribution in [0.25, 0.3) is 0 Å². The minimum absolute atomic E-state index is 0.0568. The Bertz CT molecular complexity index is 533. The van der Waals surface area contributed by atoms with E-state index in [1.807, 2.05) is 6.92 Å². The maximum absolute atomic E-state index is 12.3. The first-order valence-corrected chi connectivity index (χ1v) is 6.42. The quantitative estimate of drug-likeness (QED) is 0.898. The summed E-state index contributed by atoms with van der Waals surface area (Å²) >= 11 is 6.03. The number of aromatic nitrogens is 1. The van der Waals surface area contributed by atoms with E-state index < -0.39 is 11.9 Å². The number of rotatable bonds is 2. The zero-order valence-electron chi connectivity index (χ0n) is 10.8. The molecular weight excluding hydrogens is 268 g/mol. The molecule has 1 saturated heterocycles. The highest BCUT2D eigenvalue weighted by Crippen LogP contribution is 2.26. The first kappa shape index (κ1) is 13.8. The molecule has 1 N–H and O–H groups in total. The summed E-state index contributed by atoms with van der Waals surface area (Å²) in [7, 11) is 0. The van der Waals surface area contributed by atoms with Crippen LogP contribution in [0.15, 0.2) is 12.3 Å². The van der Waals surface area contributed by atoms with Gasteiger partial charge in [-0.05, 0) is 18.9 Å². The molecule has 2 heterocycles. The molecule has 0 bridgehead atoms. The Morgan fingerprint density at radius 2 is 2.16 bits per heavy atom. The number of pyridine rings is 1. The van der Waals surface area contributed by atoms with Gasteiger partial charge < -0.3 is 10.0 Å². The molecule has 0 aliphatic carbocycles. The second kappa shape index (κ2) is 5.17.